The number of aryl methyl sites for hydroxylation is 1. The molecule has 1 aromatic carbocycles. The summed E-state index contributed by atoms with van der Waals surface area (Å²) in [5, 5.41) is 0. The SMILES string of the molecule is CC(=O)O[C@@H]1CC[C@]2(C)C3CC[C@]4(C)C(C(C)CCc5nc6ccccc6[nH]5)CCC4C3CC[C@@H]2C1. The number of imidazole rings is 1. The summed E-state index contributed by atoms with van der Waals surface area (Å²) in [5.74, 6) is 6.06. The van der Waals surface area contributed by atoms with Crippen molar-refractivity contribution in [1.29, 1.82) is 0 Å². The highest BCUT2D eigenvalue weighted by molar-refractivity contribution is 5.74. The van der Waals surface area contributed by atoms with E-state index in [0.29, 0.717) is 10.8 Å². The minimum atomic E-state index is -0.0999. The third-order valence-corrected chi connectivity index (χ3v) is 12.0. The van der Waals surface area contributed by atoms with Gasteiger partial charge in [0, 0.05) is 13.3 Å². The molecule has 0 saturated heterocycles. The van der Waals surface area contributed by atoms with Crippen LogP contribution in [-0.2, 0) is 16.0 Å². The number of hydrogen-bond donors (Lipinski definition) is 1. The average molecular weight is 491 g/mol. The lowest BCUT2D eigenvalue weighted by Gasteiger charge is -2.61. The first-order chi connectivity index (χ1) is 17.3. The third kappa shape index (κ3) is 4.02. The van der Waals surface area contributed by atoms with Crippen LogP contribution in [0.4, 0.5) is 0 Å². The molecule has 4 saturated carbocycles. The average Bonchev–Trinajstić information content (AvgIpc) is 3.43. The molecule has 0 radical (unpaired) electrons. The molecule has 0 amide bonds. The van der Waals surface area contributed by atoms with E-state index in [2.05, 4.69) is 50.0 Å². The monoisotopic (exact) mass is 490 g/mol. The zero-order valence-corrected chi connectivity index (χ0v) is 22.9. The van der Waals surface area contributed by atoms with E-state index in [9.17, 15) is 4.79 Å². The van der Waals surface area contributed by atoms with Gasteiger partial charge in [-0.05, 0) is 123 Å². The fourth-order valence-electron chi connectivity index (χ4n) is 10.2. The predicted molar refractivity (Wildman–Crippen MR) is 144 cm³/mol. The highest BCUT2D eigenvalue weighted by Gasteiger charge is 2.60. The molecule has 4 aliphatic rings. The zero-order valence-electron chi connectivity index (χ0n) is 22.9. The molecule has 4 nitrogen and oxygen atoms in total. The Morgan fingerprint density at radius 3 is 2.64 bits per heavy atom. The Hall–Kier alpha value is -1.84. The van der Waals surface area contributed by atoms with Gasteiger partial charge in [-0.1, -0.05) is 32.9 Å². The largest absolute Gasteiger partial charge is 0.463 e. The number of esters is 1. The molecule has 9 atom stereocenters. The molecule has 4 aliphatic carbocycles. The Morgan fingerprint density at radius 2 is 1.83 bits per heavy atom. The number of carbonyl (C=O) groups excluding carboxylic acids is 1. The van der Waals surface area contributed by atoms with Crippen LogP contribution in [0.2, 0.25) is 0 Å². The van der Waals surface area contributed by atoms with Crippen LogP contribution >= 0.6 is 0 Å². The lowest BCUT2D eigenvalue weighted by Crippen LogP contribution is -2.54. The maximum Gasteiger partial charge on any atom is 0.302 e. The van der Waals surface area contributed by atoms with Gasteiger partial charge in [0.15, 0.2) is 0 Å². The smallest absolute Gasteiger partial charge is 0.302 e. The van der Waals surface area contributed by atoms with Crippen molar-refractivity contribution in [3.05, 3.63) is 30.1 Å². The van der Waals surface area contributed by atoms with E-state index in [4.69, 9.17) is 9.72 Å². The number of nitrogens with zero attached hydrogens (tertiary/aromatic N) is 1. The van der Waals surface area contributed by atoms with Gasteiger partial charge in [-0.25, -0.2) is 4.98 Å². The van der Waals surface area contributed by atoms with Crippen molar-refractivity contribution in [1.82, 2.24) is 9.97 Å². The van der Waals surface area contributed by atoms with Crippen molar-refractivity contribution in [2.45, 2.75) is 104 Å². The molecule has 36 heavy (non-hydrogen) atoms. The van der Waals surface area contributed by atoms with E-state index in [1.807, 2.05) is 0 Å². The lowest BCUT2D eigenvalue weighted by molar-refractivity contribution is -0.160. The summed E-state index contributed by atoms with van der Waals surface area (Å²) in [7, 11) is 0. The van der Waals surface area contributed by atoms with E-state index >= 15 is 0 Å². The second kappa shape index (κ2) is 9.17. The maximum absolute atomic E-state index is 11.6. The number of aromatic nitrogens is 2. The number of rotatable bonds is 5. The van der Waals surface area contributed by atoms with E-state index < -0.39 is 0 Å². The zero-order chi connectivity index (χ0) is 25.1. The molecular formula is C32H46N2O2. The second-order valence-corrected chi connectivity index (χ2v) is 13.6. The first-order valence-electron chi connectivity index (χ1n) is 14.9. The van der Waals surface area contributed by atoms with Crippen LogP contribution in [-0.4, -0.2) is 22.0 Å². The number of carbonyl (C=O) groups is 1. The molecule has 1 N–H and O–H groups in total. The Morgan fingerprint density at radius 1 is 1.06 bits per heavy atom. The minimum Gasteiger partial charge on any atom is -0.463 e. The van der Waals surface area contributed by atoms with Gasteiger partial charge in [0.1, 0.15) is 11.9 Å². The Bertz CT molecular complexity index is 1080. The number of benzene rings is 1. The van der Waals surface area contributed by atoms with Crippen molar-refractivity contribution in [3.63, 3.8) is 0 Å². The fourth-order valence-corrected chi connectivity index (χ4v) is 10.2. The quantitative estimate of drug-likeness (QED) is 0.436. The molecule has 2 aromatic rings. The summed E-state index contributed by atoms with van der Waals surface area (Å²) < 4.78 is 5.67. The highest BCUT2D eigenvalue weighted by atomic mass is 16.5. The standard InChI is InChI=1S/C32H46N2O2/c1-20(9-14-30-33-28-7-5-6-8-29(28)34-30)25-12-13-26-24-11-10-22-19-23(36-21(2)35)15-17-31(22,3)27(24)16-18-32(25,26)4/h5-8,20,22-27H,9-19H2,1-4H3,(H,33,34)/t20?,22-,23-,24?,25?,26?,27?,31+,32-/m1/s1. The van der Waals surface area contributed by atoms with E-state index in [1.54, 1.807) is 6.92 Å². The molecule has 5 unspecified atom stereocenters. The van der Waals surface area contributed by atoms with Crippen molar-refractivity contribution in [2.24, 2.45) is 46.3 Å². The molecule has 0 bridgehead atoms. The van der Waals surface area contributed by atoms with Gasteiger partial charge in [-0.15, -0.1) is 0 Å². The summed E-state index contributed by atoms with van der Waals surface area (Å²) in [6, 6.07) is 8.40. The number of nitrogens with one attached hydrogen (secondary N) is 1. The van der Waals surface area contributed by atoms with Gasteiger partial charge in [-0.2, -0.15) is 0 Å². The molecule has 1 aromatic heterocycles. The molecule has 196 valence electrons. The summed E-state index contributed by atoms with van der Waals surface area (Å²) in [6.45, 7) is 9.39. The van der Waals surface area contributed by atoms with Crippen molar-refractivity contribution < 1.29 is 9.53 Å². The topological polar surface area (TPSA) is 55.0 Å². The molecule has 4 heteroatoms. The lowest BCUT2D eigenvalue weighted by atomic mass is 9.44. The van der Waals surface area contributed by atoms with Crippen LogP contribution in [0.5, 0.6) is 0 Å². The van der Waals surface area contributed by atoms with Crippen LogP contribution in [0.15, 0.2) is 24.3 Å². The maximum atomic E-state index is 11.6. The van der Waals surface area contributed by atoms with Crippen LogP contribution < -0.4 is 0 Å². The summed E-state index contributed by atoms with van der Waals surface area (Å²) >= 11 is 0. The van der Waals surface area contributed by atoms with Crippen molar-refractivity contribution in [3.8, 4) is 0 Å². The van der Waals surface area contributed by atoms with Gasteiger partial charge in [0.2, 0.25) is 0 Å². The fraction of sp³-hybridized carbons (Fsp3) is 0.750. The summed E-state index contributed by atoms with van der Waals surface area (Å²) in [6.07, 6.45) is 14.3. The first kappa shape index (κ1) is 24.5. The number of fused-ring (bicyclic) bond motifs is 6. The Balaban J connectivity index is 1.12. The number of aromatic amines is 1. The van der Waals surface area contributed by atoms with Gasteiger partial charge < -0.3 is 9.72 Å². The molecule has 6 rings (SSSR count). The normalized spacial score (nSPS) is 40.8. The van der Waals surface area contributed by atoms with Gasteiger partial charge in [0.05, 0.1) is 11.0 Å². The number of H-pyrrole nitrogens is 1. The third-order valence-electron chi connectivity index (χ3n) is 12.0. The Kier molecular flexibility index (Phi) is 6.24. The molecule has 0 spiro atoms. The number of ether oxygens (including phenoxy) is 1. The number of hydrogen-bond acceptors (Lipinski definition) is 3. The number of para-hydroxylation sites is 2. The molecule has 0 aliphatic heterocycles. The first-order valence-corrected chi connectivity index (χ1v) is 14.9. The van der Waals surface area contributed by atoms with E-state index in [-0.39, 0.29) is 12.1 Å². The van der Waals surface area contributed by atoms with E-state index in [0.717, 1.165) is 71.6 Å². The highest BCUT2D eigenvalue weighted by Crippen LogP contribution is 2.68. The van der Waals surface area contributed by atoms with Gasteiger partial charge in [0.25, 0.3) is 0 Å². The summed E-state index contributed by atoms with van der Waals surface area (Å²) in [5.41, 5.74) is 3.22. The van der Waals surface area contributed by atoms with Crippen molar-refractivity contribution >= 4 is 17.0 Å². The molecular weight excluding hydrogens is 444 g/mol. The van der Waals surface area contributed by atoms with Crippen LogP contribution in [0.25, 0.3) is 11.0 Å². The van der Waals surface area contributed by atoms with Crippen LogP contribution in [0.3, 0.4) is 0 Å². The van der Waals surface area contributed by atoms with Crippen LogP contribution in [0, 0.1) is 46.3 Å². The predicted octanol–water partition coefficient (Wildman–Crippen LogP) is 7.72. The minimum absolute atomic E-state index is 0.0999. The second-order valence-electron chi connectivity index (χ2n) is 13.6. The Labute approximate surface area is 217 Å². The summed E-state index contributed by atoms with van der Waals surface area (Å²) in [4.78, 5) is 20.0. The van der Waals surface area contributed by atoms with Gasteiger partial charge in [-0.3, -0.25) is 4.79 Å². The van der Waals surface area contributed by atoms with Gasteiger partial charge >= 0.3 is 5.97 Å². The molecule has 4 fully saturated rings. The molecule has 1 heterocycles. The van der Waals surface area contributed by atoms with Crippen LogP contribution in [0.1, 0.15) is 97.7 Å². The van der Waals surface area contributed by atoms with E-state index in [1.165, 1.54) is 51.4 Å². The van der Waals surface area contributed by atoms with Crippen molar-refractivity contribution in [2.75, 3.05) is 0 Å².